The van der Waals surface area contributed by atoms with Crippen LogP contribution >= 0.6 is 23.5 Å². The van der Waals surface area contributed by atoms with E-state index < -0.39 is 0 Å². The SMILES string of the molecule is CC(=O)CC1CCC2C(CCC3(C)C(OC(C)=O)CCC23)C1(C)C=C1SCCCS1. The fourth-order valence-electron chi connectivity index (χ4n) is 7.49. The van der Waals surface area contributed by atoms with Crippen LogP contribution in [-0.2, 0) is 14.3 Å². The summed E-state index contributed by atoms with van der Waals surface area (Å²) in [5.41, 5.74) is 0.227. The topological polar surface area (TPSA) is 43.4 Å². The van der Waals surface area contributed by atoms with Crippen molar-refractivity contribution in [2.45, 2.75) is 85.2 Å². The first-order valence-electron chi connectivity index (χ1n) is 11.9. The summed E-state index contributed by atoms with van der Waals surface area (Å²) < 4.78 is 7.30. The van der Waals surface area contributed by atoms with Crippen LogP contribution in [0.5, 0.6) is 0 Å². The van der Waals surface area contributed by atoms with E-state index in [0.717, 1.165) is 25.7 Å². The molecule has 30 heavy (non-hydrogen) atoms. The van der Waals surface area contributed by atoms with Crippen LogP contribution in [0, 0.1) is 34.5 Å². The average Bonchev–Trinajstić information content (AvgIpc) is 3.00. The second-order valence-electron chi connectivity index (χ2n) is 10.7. The summed E-state index contributed by atoms with van der Waals surface area (Å²) in [6.07, 6.45) is 11.6. The van der Waals surface area contributed by atoms with Crippen molar-refractivity contribution < 1.29 is 14.3 Å². The van der Waals surface area contributed by atoms with Gasteiger partial charge in [0, 0.05) is 23.0 Å². The predicted octanol–water partition coefficient (Wildman–Crippen LogP) is 6.47. The molecule has 168 valence electrons. The number of esters is 1. The highest BCUT2D eigenvalue weighted by atomic mass is 32.2. The molecule has 0 N–H and O–H groups in total. The van der Waals surface area contributed by atoms with E-state index in [4.69, 9.17) is 4.74 Å². The van der Waals surface area contributed by atoms with Crippen molar-refractivity contribution >= 4 is 35.3 Å². The molecule has 3 nitrogen and oxygen atoms in total. The molecule has 4 aliphatic rings. The lowest BCUT2D eigenvalue weighted by Crippen LogP contribution is -2.52. The molecule has 7 atom stereocenters. The van der Waals surface area contributed by atoms with E-state index in [9.17, 15) is 9.59 Å². The number of carbonyl (C=O) groups is 2. The molecule has 0 spiro atoms. The number of carbonyl (C=O) groups excluding carboxylic acids is 2. The Hall–Kier alpha value is -0.420. The molecule has 3 aliphatic carbocycles. The molecule has 4 fully saturated rings. The summed E-state index contributed by atoms with van der Waals surface area (Å²) in [5.74, 6) is 5.09. The minimum atomic E-state index is -0.130. The van der Waals surface area contributed by atoms with Gasteiger partial charge in [0.2, 0.25) is 0 Å². The van der Waals surface area contributed by atoms with Crippen molar-refractivity contribution in [2.75, 3.05) is 11.5 Å². The standard InChI is InChI=1S/C25H38O3S2/c1-16(26)14-18-6-7-19-20-8-9-22(28-17(2)27)24(20,3)11-10-21(19)25(18,4)15-23-29-12-5-13-30-23/h15,18-22H,5-14H2,1-4H3. The quantitative estimate of drug-likeness (QED) is 0.459. The largest absolute Gasteiger partial charge is 0.462 e. The summed E-state index contributed by atoms with van der Waals surface area (Å²) >= 11 is 4.05. The maximum atomic E-state index is 12.2. The second kappa shape index (κ2) is 8.84. The normalized spacial score (nSPS) is 43.5. The number of thioether (sulfide) groups is 2. The first-order valence-corrected chi connectivity index (χ1v) is 13.9. The van der Waals surface area contributed by atoms with Gasteiger partial charge in [-0.2, -0.15) is 0 Å². The predicted molar refractivity (Wildman–Crippen MR) is 126 cm³/mol. The van der Waals surface area contributed by atoms with Gasteiger partial charge in [0.05, 0.1) is 0 Å². The molecule has 5 heteroatoms. The Kier molecular flexibility index (Phi) is 6.71. The Morgan fingerprint density at radius 2 is 1.77 bits per heavy atom. The third-order valence-corrected chi connectivity index (χ3v) is 11.4. The first kappa shape index (κ1) is 22.8. The van der Waals surface area contributed by atoms with E-state index in [2.05, 4.69) is 19.9 Å². The van der Waals surface area contributed by atoms with Gasteiger partial charge in [0.1, 0.15) is 11.9 Å². The number of hydrogen-bond acceptors (Lipinski definition) is 5. The molecule has 1 heterocycles. The fraction of sp³-hybridized carbons (Fsp3) is 0.840. The lowest BCUT2D eigenvalue weighted by atomic mass is 9.47. The molecule has 0 aromatic rings. The summed E-state index contributed by atoms with van der Waals surface area (Å²) in [5, 5.41) is 0. The molecule has 0 aromatic carbocycles. The number of ketones is 1. The van der Waals surface area contributed by atoms with Gasteiger partial charge in [-0.25, -0.2) is 0 Å². The van der Waals surface area contributed by atoms with Gasteiger partial charge in [0.15, 0.2) is 0 Å². The van der Waals surface area contributed by atoms with Crippen LogP contribution in [0.15, 0.2) is 10.3 Å². The van der Waals surface area contributed by atoms with Gasteiger partial charge in [-0.15, -0.1) is 23.5 Å². The van der Waals surface area contributed by atoms with Gasteiger partial charge < -0.3 is 9.53 Å². The number of allylic oxidation sites excluding steroid dienone is 1. The Balaban J connectivity index is 1.63. The molecule has 0 bridgehead atoms. The highest BCUT2D eigenvalue weighted by Crippen LogP contribution is 2.65. The van der Waals surface area contributed by atoms with Crippen LogP contribution in [0.3, 0.4) is 0 Å². The van der Waals surface area contributed by atoms with Gasteiger partial charge in [-0.1, -0.05) is 19.9 Å². The van der Waals surface area contributed by atoms with Crippen molar-refractivity contribution in [1.82, 2.24) is 0 Å². The van der Waals surface area contributed by atoms with Crippen LogP contribution in [0.1, 0.15) is 79.1 Å². The molecule has 3 saturated carbocycles. The Labute approximate surface area is 190 Å². The highest BCUT2D eigenvalue weighted by molar-refractivity contribution is 8.22. The van der Waals surface area contributed by atoms with Crippen LogP contribution in [-0.4, -0.2) is 29.4 Å². The third-order valence-electron chi connectivity index (χ3n) is 8.93. The van der Waals surface area contributed by atoms with Crippen molar-refractivity contribution in [3.63, 3.8) is 0 Å². The minimum absolute atomic E-state index is 0.0879. The molecule has 0 radical (unpaired) electrons. The lowest BCUT2D eigenvalue weighted by molar-refractivity contribution is -0.158. The molecule has 1 saturated heterocycles. The maximum absolute atomic E-state index is 12.2. The summed E-state index contributed by atoms with van der Waals surface area (Å²) in [6, 6.07) is 0. The lowest BCUT2D eigenvalue weighted by Gasteiger charge is -2.58. The van der Waals surface area contributed by atoms with E-state index in [1.54, 1.807) is 13.8 Å². The van der Waals surface area contributed by atoms with Gasteiger partial charge in [0.25, 0.3) is 0 Å². The van der Waals surface area contributed by atoms with E-state index in [1.807, 2.05) is 23.5 Å². The van der Waals surface area contributed by atoms with E-state index in [0.29, 0.717) is 29.5 Å². The van der Waals surface area contributed by atoms with Crippen LogP contribution in [0.2, 0.25) is 0 Å². The van der Waals surface area contributed by atoms with Crippen LogP contribution in [0.25, 0.3) is 0 Å². The van der Waals surface area contributed by atoms with Crippen molar-refractivity contribution in [3.05, 3.63) is 10.3 Å². The van der Waals surface area contributed by atoms with Crippen molar-refractivity contribution in [2.24, 2.45) is 34.5 Å². The molecule has 1 aliphatic heterocycles. The Morgan fingerprint density at radius 1 is 1.03 bits per heavy atom. The van der Waals surface area contributed by atoms with Crippen molar-refractivity contribution in [3.8, 4) is 0 Å². The van der Waals surface area contributed by atoms with Gasteiger partial charge in [-0.05, 0) is 92.5 Å². The van der Waals surface area contributed by atoms with Gasteiger partial charge >= 0.3 is 5.97 Å². The summed E-state index contributed by atoms with van der Waals surface area (Å²) in [7, 11) is 0. The zero-order valence-corrected chi connectivity index (χ0v) is 20.7. The average molecular weight is 451 g/mol. The van der Waals surface area contributed by atoms with E-state index >= 15 is 0 Å². The molecule has 0 amide bonds. The minimum Gasteiger partial charge on any atom is -0.462 e. The van der Waals surface area contributed by atoms with E-state index in [-0.39, 0.29) is 22.9 Å². The smallest absolute Gasteiger partial charge is 0.302 e. The summed E-state index contributed by atoms with van der Waals surface area (Å²) in [6.45, 7) is 8.18. The summed E-state index contributed by atoms with van der Waals surface area (Å²) in [4.78, 5) is 23.9. The fourth-order valence-corrected chi connectivity index (χ4v) is 10.2. The third kappa shape index (κ3) is 4.14. The van der Waals surface area contributed by atoms with Crippen molar-refractivity contribution in [1.29, 1.82) is 0 Å². The van der Waals surface area contributed by atoms with E-state index in [1.165, 1.54) is 41.4 Å². The van der Waals surface area contributed by atoms with Crippen LogP contribution in [0.4, 0.5) is 0 Å². The molecular weight excluding hydrogens is 412 g/mol. The number of fused-ring (bicyclic) bond motifs is 3. The Bertz CT molecular complexity index is 711. The molecular formula is C25H38O3S2. The van der Waals surface area contributed by atoms with Gasteiger partial charge in [-0.3, -0.25) is 4.79 Å². The zero-order chi connectivity index (χ0) is 21.5. The molecule has 0 aromatic heterocycles. The number of Topliss-reactive ketones (excluding diaryl/α,β-unsaturated/α-hetero) is 1. The number of ether oxygens (including phenoxy) is 1. The molecule has 4 rings (SSSR count). The molecule has 7 unspecified atom stereocenters. The monoisotopic (exact) mass is 450 g/mol. The zero-order valence-electron chi connectivity index (χ0n) is 19.1. The number of hydrogen-bond donors (Lipinski definition) is 0. The first-order chi connectivity index (χ1) is 14.2. The Morgan fingerprint density at radius 3 is 2.43 bits per heavy atom. The van der Waals surface area contributed by atoms with Crippen LogP contribution < -0.4 is 0 Å². The number of rotatable bonds is 4. The second-order valence-corrected chi connectivity index (χ2v) is 13.2. The maximum Gasteiger partial charge on any atom is 0.302 e. The highest BCUT2D eigenvalue weighted by Gasteiger charge is 2.60.